The van der Waals surface area contributed by atoms with Crippen LogP contribution in [0.1, 0.15) is 39.5 Å². The van der Waals surface area contributed by atoms with E-state index in [9.17, 15) is 9.59 Å². The van der Waals surface area contributed by atoms with Crippen molar-refractivity contribution >= 4 is 11.9 Å². The summed E-state index contributed by atoms with van der Waals surface area (Å²) in [6.45, 7) is 4.71. The number of rotatable bonds is 6. The first kappa shape index (κ1) is 14.0. The van der Waals surface area contributed by atoms with E-state index in [4.69, 9.17) is 9.84 Å². The Labute approximate surface area is 102 Å². The average Bonchev–Trinajstić information content (AvgIpc) is 2.68. The second-order valence-electron chi connectivity index (χ2n) is 4.63. The monoisotopic (exact) mass is 243 g/mol. The zero-order valence-electron chi connectivity index (χ0n) is 10.6. The molecule has 0 aromatic heterocycles. The lowest BCUT2D eigenvalue weighted by atomic mass is 9.99. The van der Waals surface area contributed by atoms with Gasteiger partial charge in [0.2, 0.25) is 5.91 Å². The fourth-order valence-electron chi connectivity index (χ4n) is 2.07. The van der Waals surface area contributed by atoms with Gasteiger partial charge < -0.3 is 14.7 Å². The molecule has 0 spiro atoms. The molecule has 1 fully saturated rings. The molecule has 0 radical (unpaired) electrons. The van der Waals surface area contributed by atoms with Crippen LogP contribution in [0.3, 0.4) is 0 Å². The van der Waals surface area contributed by atoms with Crippen molar-refractivity contribution in [1.29, 1.82) is 0 Å². The third-order valence-electron chi connectivity index (χ3n) is 3.27. The molecule has 1 heterocycles. The van der Waals surface area contributed by atoms with Crippen molar-refractivity contribution in [3.63, 3.8) is 0 Å². The number of carboxylic acid groups (broad SMARTS) is 1. The molecule has 0 aromatic rings. The highest BCUT2D eigenvalue weighted by molar-refractivity contribution is 5.87. The lowest BCUT2D eigenvalue weighted by Crippen LogP contribution is -2.51. The van der Waals surface area contributed by atoms with E-state index in [0.29, 0.717) is 19.6 Å². The van der Waals surface area contributed by atoms with Crippen molar-refractivity contribution in [3.05, 3.63) is 0 Å². The van der Waals surface area contributed by atoms with Gasteiger partial charge in [0.05, 0.1) is 0 Å². The molecule has 1 atom stereocenters. The fraction of sp³-hybridized carbons (Fsp3) is 0.833. The van der Waals surface area contributed by atoms with Crippen molar-refractivity contribution < 1.29 is 19.4 Å². The predicted molar refractivity (Wildman–Crippen MR) is 62.7 cm³/mol. The Balaban J connectivity index is 2.48. The van der Waals surface area contributed by atoms with Crippen LogP contribution >= 0.6 is 0 Å². The van der Waals surface area contributed by atoms with Gasteiger partial charge in [-0.2, -0.15) is 0 Å². The SMILES string of the molecule is CCCCOCC(=O)N1CCCC1(C)C(=O)O. The van der Waals surface area contributed by atoms with E-state index in [0.717, 1.165) is 19.3 Å². The lowest BCUT2D eigenvalue weighted by molar-refractivity contribution is -0.157. The van der Waals surface area contributed by atoms with Crippen molar-refractivity contribution in [2.75, 3.05) is 19.8 Å². The Bertz CT molecular complexity index is 292. The quantitative estimate of drug-likeness (QED) is 0.713. The van der Waals surface area contributed by atoms with Crippen LogP contribution in [0.2, 0.25) is 0 Å². The number of ether oxygens (including phenoxy) is 1. The summed E-state index contributed by atoms with van der Waals surface area (Å²) in [7, 11) is 0. The van der Waals surface area contributed by atoms with Crippen LogP contribution in [0.25, 0.3) is 0 Å². The standard InChI is InChI=1S/C12H21NO4/c1-3-4-8-17-9-10(14)13-7-5-6-12(13,2)11(15)16/h3-9H2,1-2H3,(H,15,16). The van der Waals surface area contributed by atoms with E-state index in [2.05, 4.69) is 0 Å². The number of carboxylic acids is 1. The Morgan fingerprint density at radius 2 is 2.18 bits per heavy atom. The van der Waals surface area contributed by atoms with Gasteiger partial charge in [-0.15, -0.1) is 0 Å². The number of hydrogen-bond donors (Lipinski definition) is 1. The summed E-state index contributed by atoms with van der Waals surface area (Å²) in [4.78, 5) is 24.5. The Morgan fingerprint density at radius 1 is 1.47 bits per heavy atom. The summed E-state index contributed by atoms with van der Waals surface area (Å²) in [5, 5.41) is 9.17. The highest BCUT2D eigenvalue weighted by Crippen LogP contribution is 2.29. The molecule has 1 amide bonds. The number of likely N-dealkylation sites (tertiary alicyclic amines) is 1. The Hall–Kier alpha value is -1.10. The first-order chi connectivity index (χ1) is 8.02. The first-order valence-electron chi connectivity index (χ1n) is 6.14. The number of hydrogen-bond acceptors (Lipinski definition) is 3. The summed E-state index contributed by atoms with van der Waals surface area (Å²) in [6.07, 6.45) is 3.20. The molecule has 1 aliphatic heterocycles. The molecule has 1 N–H and O–H groups in total. The minimum Gasteiger partial charge on any atom is -0.480 e. The number of nitrogens with zero attached hydrogens (tertiary/aromatic N) is 1. The molecule has 1 saturated heterocycles. The molecule has 1 rings (SSSR count). The van der Waals surface area contributed by atoms with Gasteiger partial charge in [0, 0.05) is 13.2 Å². The first-order valence-corrected chi connectivity index (χ1v) is 6.14. The number of aliphatic carboxylic acids is 1. The number of carbonyl (C=O) groups is 2. The molecule has 5 heteroatoms. The maximum absolute atomic E-state index is 11.9. The second-order valence-corrected chi connectivity index (χ2v) is 4.63. The molecule has 5 nitrogen and oxygen atoms in total. The van der Waals surface area contributed by atoms with E-state index >= 15 is 0 Å². The minimum absolute atomic E-state index is 0.0110. The minimum atomic E-state index is -1.05. The highest BCUT2D eigenvalue weighted by atomic mass is 16.5. The van der Waals surface area contributed by atoms with Gasteiger partial charge in [-0.05, 0) is 26.2 Å². The lowest BCUT2D eigenvalue weighted by Gasteiger charge is -2.31. The predicted octanol–water partition coefficient (Wildman–Crippen LogP) is 1.27. The Morgan fingerprint density at radius 3 is 2.76 bits per heavy atom. The summed E-state index contributed by atoms with van der Waals surface area (Å²) in [5.41, 5.74) is -1.05. The molecule has 0 saturated carbocycles. The number of amides is 1. The summed E-state index contributed by atoms with van der Waals surface area (Å²) in [6, 6.07) is 0. The van der Waals surface area contributed by atoms with E-state index in [1.807, 2.05) is 6.92 Å². The smallest absolute Gasteiger partial charge is 0.329 e. The van der Waals surface area contributed by atoms with Crippen LogP contribution < -0.4 is 0 Å². The summed E-state index contributed by atoms with van der Waals surface area (Å²) >= 11 is 0. The van der Waals surface area contributed by atoms with Crippen molar-refractivity contribution in [2.24, 2.45) is 0 Å². The van der Waals surface area contributed by atoms with E-state index in [-0.39, 0.29) is 12.5 Å². The third kappa shape index (κ3) is 3.19. The zero-order valence-corrected chi connectivity index (χ0v) is 10.6. The molecule has 0 aliphatic carbocycles. The zero-order chi connectivity index (χ0) is 12.9. The van der Waals surface area contributed by atoms with Crippen LogP contribution in [0, 0.1) is 0 Å². The topological polar surface area (TPSA) is 66.8 Å². The molecular formula is C12H21NO4. The second kappa shape index (κ2) is 6.00. The van der Waals surface area contributed by atoms with Crippen molar-refractivity contribution in [2.45, 2.75) is 45.1 Å². The van der Waals surface area contributed by atoms with Gasteiger partial charge in [0.1, 0.15) is 12.1 Å². The highest BCUT2D eigenvalue weighted by Gasteiger charge is 2.45. The van der Waals surface area contributed by atoms with Crippen LogP contribution in [-0.4, -0.2) is 47.2 Å². The number of unbranched alkanes of at least 4 members (excludes halogenated alkanes) is 1. The third-order valence-corrected chi connectivity index (χ3v) is 3.27. The maximum Gasteiger partial charge on any atom is 0.329 e. The van der Waals surface area contributed by atoms with Gasteiger partial charge in [0.15, 0.2) is 0 Å². The molecule has 98 valence electrons. The van der Waals surface area contributed by atoms with E-state index < -0.39 is 11.5 Å². The molecule has 1 aliphatic rings. The molecule has 1 unspecified atom stereocenters. The van der Waals surface area contributed by atoms with Gasteiger partial charge in [-0.1, -0.05) is 13.3 Å². The summed E-state index contributed by atoms with van der Waals surface area (Å²) < 4.78 is 5.24. The van der Waals surface area contributed by atoms with Crippen molar-refractivity contribution in [1.82, 2.24) is 4.90 Å². The molecule has 0 bridgehead atoms. The molecular weight excluding hydrogens is 222 g/mol. The molecule has 0 aromatic carbocycles. The van der Waals surface area contributed by atoms with Crippen LogP contribution in [0.15, 0.2) is 0 Å². The van der Waals surface area contributed by atoms with Crippen LogP contribution in [0.4, 0.5) is 0 Å². The molecule has 17 heavy (non-hydrogen) atoms. The Kier molecular flexibility index (Phi) is 4.93. The van der Waals surface area contributed by atoms with Crippen LogP contribution in [-0.2, 0) is 14.3 Å². The normalized spacial score (nSPS) is 24.0. The van der Waals surface area contributed by atoms with Gasteiger partial charge in [0.25, 0.3) is 0 Å². The van der Waals surface area contributed by atoms with E-state index in [1.165, 1.54) is 4.90 Å². The number of carbonyl (C=O) groups excluding carboxylic acids is 1. The van der Waals surface area contributed by atoms with E-state index in [1.54, 1.807) is 6.92 Å². The average molecular weight is 243 g/mol. The van der Waals surface area contributed by atoms with Crippen molar-refractivity contribution in [3.8, 4) is 0 Å². The fourth-order valence-corrected chi connectivity index (χ4v) is 2.07. The van der Waals surface area contributed by atoms with Gasteiger partial charge >= 0.3 is 5.97 Å². The van der Waals surface area contributed by atoms with Crippen LogP contribution in [0.5, 0.6) is 0 Å². The largest absolute Gasteiger partial charge is 0.480 e. The maximum atomic E-state index is 11.9. The van der Waals surface area contributed by atoms with Gasteiger partial charge in [-0.3, -0.25) is 4.79 Å². The summed E-state index contributed by atoms with van der Waals surface area (Å²) in [5.74, 6) is -1.15. The van der Waals surface area contributed by atoms with Gasteiger partial charge in [-0.25, -0.2) is 4.79 Å².